The van der Waals surface area contributed by atoms with E-state index in [1.54, 1.807) is 19.1 Å². The number of amides is 1. The first-order chi connectivity index (χ1) is 8.47. The standard InChI is InChI=1S/C13H20N2O2S/c1-4-7-15-13(16)10(3)18(17)12-6-5-9(2)8-11(12)14/h5-6,8,10H,4,7,14H2,1-3H3,(H,15,16). The molecule has 1 aromatic rings. The number of nitrogens with two attached hydrogens (primary N) is 1. The van der Waals surface area contributed by atoms with E-state index in [2.05, 4.69) is 5.32 Å². The van der Waals surface area contributed by atoms with Crippen LogP contribution in [0.1, 0.15) is 25.8 Å². The Kier molecular flexibility index (Phi) is 5.34. The van der Waals surface area contributed by atoms with Gasteiger partial charge in [-0.3, -0.25) is 9.00 Å². The Balaban J connectivity index is 2.83. The Morgan fingerprint density at radius 2 is 2.17 bits per heavy atom. The molecule has 3 N–H and O–H groups in total. The van der Waals surface area contributed by atoms with Gasteiger partial charge in [-0.1, -0.05) is 13.0 Å². The molecular formula is C13H20N2O2S. The van der Waals surface area contributed by atoms with Gasteiger partial charge >= 0.3 is 0 Å². The maximum Gasteiger partial charge on any atom is 0.235 e. The molecule has 0 bridgehead atoms. The number of hydrogen-bond acceptors (Lipinski definition) is 3. The Morgan fingerprint density at radius 3 is 2.72 bits per heavy atom. The van der Waals surface area contributed by atoms with E-state index >= 15 is 0 Å². The molecule has 1 rings (SSSR count). The van der Waals surface area contributed by atoms with Crippen molar-refractivity contribution >= 4 is 22.4 Å². The topological polar surface area (TPSA) is 72.2 Å². The van der Waals surface area contributed by atoms with Crippen LogP contribution in [0.4, 0.5) is 5.69 Å². The van der Waals surface area contributed by atoms with Crippen LogP contribution in [0.5, 0.6) is 0 Å². The van der Waals surface area contributed by atoms with Crippen LogP contribution in [0, 0.1) is 6.92 Å². The summed E-state index contributed by atoms with van der Waals surface area (Å²) in [5, 5.41) is 2.15. The molecule has 2 atom stereocenters. The normalized spacial score (nSPS) is 13.9. The van der Waals surface area contributed by atoms with Crippen LogP contribution in [-0.2, 0) is 15.6 Å². The molecule has 2 unspecified atom stereocenters. The fraction of sp³-hybridized carbons (Fsp3) is 0.462. The van der Waals surface area contributed by atoms with Crippen LogP contribution in [-0.4, -0.2) is 21.9 Å². The third kappa shape index (κ3) is 3.57. The maximum atomic E-state index is 12.3. The Morgan fingerprint density at radius 1 is 1.50 bits per heavy atom. The summed E-state index contributed by atoms with van der Waals surface area (Å²) >= 11 is 0. The third-order valence-electron chi connectivity index (χ3n) is 2.62. The van der Waals surface area contributed by atoms with Crippen LogP contribution in [0.2, 0.25) is 0 Å². The summed E-state index contributed by atoms with van der Waals surface area (Å²) in [5.41, 5.74) is 7.32. The Hall–Kier alpha value is -1.36. The van der Waals surface area contributed by atoms with Gasteiger partial charge in [0, 0.05) is 12.2 Å². The van der Waals surface area contributed by atoms with Gasteiger partial charge in [0.15, 0.2) is 0 Å². The molecule has 0 aliphatic carbocycles. The van der Waals surface area contributed by atoms with Gasteiger partial charge in [-0.2, -0.15) is 0 Å². The van der Waals surface area contributed by atoms with Crippen LogP contribution in [0.3, 0.4) is 0 Å². The number of nitrogens with one attached hydrogen (secondary N) is 1. The van der Waals surface area contributed by atoms with E-state index in [1.165, 1.54) is 0 Å². The number of benzene rings is 1. The van der Waals surface area contributed by atoms with Gasteiger partial charge in [-0.05, 0) is 38.0 Å². The van der Waals surface area contributed by atoms with E-state index in [0.717, 1.165) is 12.0 Å². The van der Waals surface area contributed by atoms with Gasteiger partial charge in [0.1, 0.15) is 5.25 Å². The second-order valence-electron chi connectivity index (χ2n) is 4.27. The number of hydrogen-bond donors (Lipinski definition) is 2. The number of rotatable bonds is 5. The first-order valence-corrected chi connectivity index (χ1v) is 7.23. The summed E-state index contributed by atoms with van der Waals surface area (Å²) in [6, 6.07) is 5.34. The second kappa shape index (κ2) is 6.54. The van der Waals surface area contributed by atoms with Crippen LogP contribution in [0.15, 0.2) is 23.1 Å². The van der Waals surface area contributed by atoms with Gasteiger partial charge in [0.05, 0.1) is 15.7 Å². The molecular weight excluding hydrogens is 248 g/mol. The van der Waals surface area contributed by atoms with Crippen LogP contribution in [0.25, 0.3) is 0 Å². The number of anilines is 1. The average molecular weight is 268 g/mol. The van der Waals surface area contributed by atoms with E-state index < -0.39 is 16.0 Å². The lowest BCUT2D eigenvalue weighted by Gasteiger charge is -2.13. The number of aryl methyl sites for hydroxylation is 1. The second-order valence-corrected chi connectivity index (χ2v) is 6.01. The highest BCUT2D eigenvalue weighted by Gasteiger charge is 2.22. The molecule has 1 aromatic carbocycles. The van der Waals surface area contributed by atoms with Crippen molar-refractivity contribution in [3.8, 4) is 0 Å². The summed E-state index contributed by atoms with van der Waals surface area (Å²) in [5.74, 6) is -0.199. The van der Waals surface area contributed by atoms with Crippen LogP contribution >= 0.6 is 0 Å². The van der Waals surface area contributed by atoms with Crippen molar-refractivity contribution in [2.75, 3.05) is 12.3 Å². The van der Waals surface area contributed by atoms with E-state index in [0.29, 0.717) is 17.1 Å². The van der Waals surface area contributed by atoms with Crippen molar-refractivity contribution in [1.82, 2.24) is 5.32 Å². The van der Waals surface area contributed by atoms with Crippen molar-refractivity contribution < 1.29 is 9.00 Å². The molecule has 18 heavy (non-hydrogen) atoms. The Bertz CT molecular complexity index is 460. The minimum atomic E-state index is -1.42. The molecule has 0 spiro atoms. The monoisotopic (exact) mass is 268 g/mol. The minimum absolute atomic E-state index is 0.199. The summed E-state index contributed by atoms with van der Waals surface area (Å²) in [6.07, 6.45) is 0.859. The molecule has 0 heterocycles. The van der Waals surface area contributed by atoms with E-state index in [1.807, 2.05) is 19.9 Å². The average Bonchev–Trinajstić information content (AvgIpc) is 2.34. The molecule has 1 amide bonds. The van der Waals surface area contributed by atoms with Gasteiger partial charge in [-0.25, -0.2) is 0 Å². The SMILES string of the molecule is CCCNC(=O)C(C)S(=O)c1ccc(C)cc1N. The highest BCUT2D eigenvalue weighted by molar-refractivity contribution is 7.86. The number of carbonyl (C=O) groups is 1. The number of carbonyl (C=O) groups excluding carboxylic acids is 1. The lowest BCUT2D eigenvalue weighted by molar-refractivity contribution is -0.120. The van der Waals surface area contributed by atoms with E-state index in [4.69, 9.17) is 5.73 Å². The first kappa shape index (κ1) is 14.7. The van der Waals surface area contributed by atoms with Gasteiger partial charge in [0.25, 0.3) is 0 Å². The molecule has 100 valence electrons. The highest BCUT2D eigenvalue weighted by atomic mass is 32.2. The third-order valence-corrected chi connectivity index (χ3v) is 4.28. The maximum absolute atomic E-state index is 12.3. The zero-order valence-corrected chi connectivity index (χ0v) is 11.8. The zero-order chi connectivity index (χ0) is 13.7. The molecule has 4 nitrogen and oxygen atoms in total. The van der Waals surface area contributed by atoms with E-state index in [9.17, 15) is 9.00 Å². The summed E-state index contributed by atoms with van der Waals surface area (Å²) in [7, 11) is -1.42. The van der Waals surface area contributed by atoms with Crippen molar-refractivity contribution in [1.29, 1.82) is 0 Å². The fourth-order valence-corrected chi connectivity index (χ4v) is 2.68. The van der Waals surface area contributed by atoms with Crippen LogP contribution < -0.4 is 11.1 Å². The van der Waals surface area contributed by atoms with Crippen molar-refractivity contribution in [3.63, 3.8) is 0 Å². The fourth-order valence-electron chi connectivity index (χ4n) is 1.53. The zero-order valence-electron chi connectivity index (χ0n) is 11.0. The quantitative estimate of drug-likeness (QED) is 0.797. The summed E-state index contributed by atoms with van der Waals surface area (Å²) < 4.78 is 12.3. The predicted octanol–water partition coefficient (Wildman–Crippen LogP) is 1.60. The summed E-state index contributed by atoms with van der Waals surface area (Å²) in [6.45, 7) is 6.14. The van der Waals surface area contributed by atoms with E-state index in [-0.39, 0.29) is 5.91 Å². The molecule has 0 fully saturated rings. The highest BCUT2D eigenvalue weighted by Crippen LogP contribution is 2.20. The van der Waals surface area contributed by atoms with Crippen molar-refractivity contribution in [2.45, 2.75) is 37.3 Å². The lowest BCUT2D eigenvalue weighted by atomic mass is 10.2. The number of nitrogen functional groups attached to an aromatic ring is 1. The molecule has 0 aromatic heterocycles. The molecule has 0 saturated heterocycles. The molecule has 0 aliphatic rings. The van der Waals surface area contributed by atoms with Gasteiger partial charge in [-0.15, -0.1) is 0 Å². The smallest absolute Gasteiger partial charge is 0.235 e. The largest absolute Gasteiger partial charge is 0.398 e. The van der Waals surface area contributed by atoms with Crippen molar-refractivity contribution in [3.05, 3.63) is 23.8 Å². The minimum Gasteiger partial charge on any atom is -0.398 e. The van der Waals surface area contributed by atoms with Crippen molar-refractivity contribution in [2.24, 2.45) is 0 Å². The first-order valence-electron chi connectivity index (χ1n) is 6.01. The molecule has 5 heteroatoms. The predicted molar refractivity (Wildman–Crippen MR) is 74.8 cm³/mol. The summed E-state index contributed by atoms with van der Waals surface area (Å²) in [4.78, 5) is 12.3. The van der Waals surface area contributed by atoms with Gasteiger partial charge < -0.3 is 11.1 Å². The Labute approximate surface area is 110 Å². The molecule has 0 saturated carbocycles. The lowest BCUT2D eigenvalue weighted by Crippen LogP contribution is -2.36. The molecule has 0 aliphatic heterocycles. The molecule has 0 radical (unpaired) electrons. The van der Waals surface area contributed by atoms with Gasteiger partial charge in [0.2, 0.25) is 5.91 Å².